The van der Waals surface area contributed by atoms with E-state index in [0.29, 0.717) is 13.0 Å². The average Bonchev–Trinajstić information content (AvgIpc) is 3.15. The minimum Gasteiger partial charge on any atom is -0.361 e. The number of H-pyrrole nitrogens is 2. The van der Waals surface area contributed by atoms with Crippen LogP contribution in [0.4, 0.5) is 0 Å². The van der Waals surface area contributed by atoms with Gasteiger partial charge in [0.2, 0.25) is 5.91 Å². The fourth-order valence-electron chi connectivity index (χ4n) is 2.32. The number of aromatic amines is 2. The van der Waals surface area contributed by atoms with E-state index < -0.39 is 6.04 Å². The third kappa shape index (κ3) is 2.95. The third-order valence-corrected chi connectivity index (χ3v) is 3.46. The van der Waals surface area contributed by atoms with Crippen molar-refractivity contribution in [2.75, 3.05) is 0 Å². The highest BCUT2D eigenvalue weighted by Gasteiger charge is 2.16. The van der Waals surface area contributed by atoms with E-state index in [1.807, 2.05) is 30.5 Å². The van der Waals surface area contributed by atoms with Gasteiger partial charge in [0, 0.05) is 23.3 Å². The number of aromatic nitrogens is 3. The highest BCUT2D eigenvalue weighted by atomic mass is 16.2. The maximum absolute atomic E-state index is 12.0. The number of carbonyl (C=O) groups is 1. The lowest BCUT2D eigenvalue weighted by atomic mass is 10.1. The molecule has 2 heterocycles. The molecule has 0 fully saturated rings. The quantitative estimate of drug-likeness (QED) is 0.563. The van der Waals surface area contributed by atoms with E-state index in [4.69, 9.17) is 5.73 Å². The summed E-state index contributed by atoms with van der Waals surface area (Å²) in [4.78, 5) is 22.0. The van der Waals surface area contributed by atoms with Crippen LogP contribution in [0, 0.1) is 0 Å². The molecule has 0 bridgehead atoms. The Balaban J connectivity index is 1.62. The SMILES string of the molecule is N[C@H](Cc1c[nH]c2ccccc12)C(=O)NCc1cnc[nH]1. The molecule has 21 heavy (non-hydrogen) atoms. The van der Waals surface area contributed by atoms with Gasteiger partial charge in [0.25, 0.3) is 0 Å². The standard InChI is InChI=1S/C15H17N5O/c16-13(15(21)19-8-11-7-17-9-20-11)5-10-6-18-14-4-2-1-3-12(10)14/h1-4,6-7,9,13,18H,5,8,16H2,(H,17,20)(H,19,21)/t13-/m1/s1. The predicted octanol–water partition coefficient (Wildman–Crippen LogP) is 1.08. The fraction of sp³-hybridized carbons (Fsp3) is 0.200. The Bertz CT molecular complexity index is 731. The first-order valence-corrected chi connectivity index (χ1v) is 6.79. The number of hydrogen-bond donors (Lipinski definition) is 4. The molecule has 0 saturated heterocycles. The van der Waals surface area contributed by atoms with Gasteiger partial charge in [-0.25, -0.2) is 4.98 Å². The van der Waals surface area contributed by atoms with Crippen LogP contribution in [0.5, 0.6) is 0 Å². The van der Waals surface area contributed by atoms with Crippen LogP contribution >= 0.6 is 0 Å². The van der Waals surface area contributed by atoms with Crippen molar-refractivity contribution in [2.24, 2.45) is 5.73 Å². The molecule has 0 aliphatic rings. The van der Waals surface area contributed by atoms with Gasteiger partial charge < -0.3 is 21.0 Å². The molecule has 108 valence electrons. The Kier molecular flexibility index (Phi) is 3.70. The fourth-order valence-corrected chi connectivity index (χ4v) is 2.32. The number of nitrogens with one attached hydrogen (secondary N) is 3. The number of nitrogens with zero attached hydrogens (tertiary/aromatic N) is 1. The minimum atomic E-state index is -0.577. The van der Waals surface area contributed by atoms with Gasteiger partial charge in [-0.1, -0.05) is 18.2 Å². The summed E-state index contributed by atoms with van der Waals surface area (Å²) in [5.74, 6) is -0.171. The van der Waals surface area contributed by atoms with E-state index >= 15 is 0 Å². The molecule has 0 unspecified atom stereocenters. The average molecular weight is 283 g/mol. The van der Waals surface area contributed by atoms with E-state index in [1.54, 1.807) is 12.5 Å². The zero-order valence-corrected chi connectivity index (χ0v) is 11.5. The van der Waals surface area contributed by atoms with Crippen molar-refractivity contribution >= 4 is 16.8 Å². The maximum Gasteiger partial charge on any atom is 0.237 e. The smallest absolute Gasteiger partial charge is 0.237 e. The first-order chi connectivity index (χ1) is 10.2. The molecule has 0 saturated carbocycles. The van der Waals surface area contributed by atoms with Crippen molar-refractivity contribution in [1.82, 2.24) is 20.3 Å². The molecule has 1 atom stereocenters. The molecule has 3 rings (SSSR count). The van der Waals surface area contributed by atoms with Crippen molar-refractivity contribution in [3.05, 3.63) is 54.2 Å². The number of fused-ring (bicyclic) bond motifs is 1. The predicted molar refractivity (Wildman–Crippen MR) is 80.4 cm³/mol. The minimum absolute atomic E-state index is 0.171. The normalized spacial score (nSPS) is 12.4. The first-order valence-electron chi connectivity index (χ1n) is 6.79. The molecule has 3 aromatic rings. The van der Waals surface area contributed by atoms with Crippen LogP contribution in [-0.4, -0.2) is 26.9 Å². The Hall–Kier alpha value is -2.60. The topological polar surface area (TPSA) is 99.6 Å². The highest BCUT2D eigenvalue weighted by molar-refractivity contribution is 5.86. The summed E-state index contributed by atoms with van der Waals surface area (Å²) in [6.07, 6.45) is 5.66. The summed E-state index contributed by atoms with van der Waals surface area (Å²) in [7, 11) is 0. The molecular formula is C15H17N5O. The molecule has 2 aromatic heterocycles. The van der Waals surface area contributed by atoms with E-state index in [0.717, 1.165) is 22.2 Å². The van der Waals surface area contributed by atoms with Gasteiger partial charge in [-0.3, -0.25) is 4.79 Å². The van der Waals surface area contributed by atoms with Crippen molar-refractivity contribution in [2.45, 2.75) is 19.0 Å². The van der Waals surface area contributed by atoms with Crippen molar-refractivity contribution < 1.29 is 4.79 Å². The van der Waals surface area contributed by atoms with Crippen LogP contribution in [0.2, 0.25) is 0 Å². The van der Waals surface area contributed by atoms with Gasteiger partial charge in [0.1, 0.15) is 0 Å². The molecule has 1 aromatic carbocycles. The lowest BCUT2D eigenvalue weighted by molar-refractivity contribution is -0.122. The van der Waals surface area contributed by atoms with Gasteiger partial charge in [-0.2, -0.15) is 0 Å². The van der Waals surface area contributed by atoms with Gasteiger partial charge in [0.15, 0.2) is 0 Å². The van der Waals surface area contributed by atoms with Crippen molar-refractivity contribution in [3.63, 3.8) is 0 Å². The summed E-state index contributed by atoms with van der Waals surface area (Å²) >= 11 is 0. The first kappa shape index (κ1) is 13.4. The van der Waals surface area contributed by atoms with Gasteiger partial charge in [-0.15, -0.1) is 0 Å². The van der Waals surface area contributed by atoms with Crippen LogP contribution < -0.4 is 11.1 Å². The largest absolute Gasteiger partial charge is 0.361 e. The number of hydrogen-bond acceptors (Lipinski definition) is 3. The molecule has 0 aliphatic carbocycles. The van der Waals surface area contributed by atoms with E-state index in [2.05, 4.69) is 20.3 Å². The van der Waals surface area contributed by atoms with E-state index in [9.17, 15) is 4.79 Å². The third-order valence-electron chi connectivity index (χ3n) is 3.46. The molecule has 0 radical (unpaired) electrons. The Morgan fingerprint density at radius 3 is 3.00 bits per heavy atom. The number of rotatable bonds is 5. The Morgan fingerprint density at radius 1 is 1.33 bits per heavy atom. The monoisotopic (exact) mass is 283 g/mol. The maximum atomic E-state index is 12.0. The number of imidazole rings is 1. The Labute approximate surface area is 121 Å². The van der Waals surface area contributed by atoms with Crippen LogP contribution in [0.1, 0.15) is 11.3 Å². The summed E-state index contributed by atoms with van der Waals surface area (Å²) in [5.41, 5.74) is 8.94. The number of carbonyl (C=O) groups excluding carboxylic acids is 1. The second kappa shape index (κ2) is 5.80. The van der Waals surface area contributed by atoms with Gasteiger partial charge in [0.05, 0.1) is 24.6 Å². The lowest BCUT2D eigenvalue weighted by Gasteiger charge is -2.11. The van der Waals surface area contributed by atoms with Crippen molar-refractivity contribution in [3.8, 4) is 0 Å². The van der Waals surface area contributed by atoms with Crippen LogP contribution in [-0.2, 0) is 17.8 Å². The molecule has 6 heteroatoms. The number of para-hydroxylation sites is 1. The molecule has 1 amide bonds. The molecule has 0 spiro atoms. The van der Waals surface area contributed by atoms with E-state index in [-0.39, 0.29) is 5.91 Å². The van der Waals surface area contributed by atoms with E-state index in [1.165, 1.54) is 0 Å². The molecule has 0 aliphatic heterocycles. The molecule has 5 N–H and O–H groups in total. The zero-order valence-electron chi connectivity index (χ0n) is 11.5. The van der Waals surface area contributed by atoms with Gasteiger partial charge >= 0.3 is 0 Å². The number of benzene rings is 1. The second-order valence-electron chi connectivity index (χ2n) is 4.96. The molecule has 6 nitrogen and oxygen atoms in total. The van der Waals surface area contributed by atoms with Crippen molar-refractivity contribution in [1.29, 1.82) is 0 Å². The Morgan fingerprint density at radius 2 is 2.19 bits per heavy atom. The summed E-state index contributed by atoms with van der Waals surface area (Å²) < 4.78 is 0. The zero-order chi connectivity index (χ0) is 14.7. The highest BCUT2D eigenvalue weighted by Crippen LogP contribution is 2.18. The lowest BCUT2D eigenvalue weighted by Crippen LogP contribution is -2.41. The van der Waals surface area contributed by atoms with Crippen LogP contribution in [0.3, 0.4) is 0 Å². The summed E-state index contributed by atoms with van der Waals surface area (Å²) in [6.45, 7) is 0.403. The van der Waals surface area contributed by atoms with Crippen LogP contribution in [0.15, 0.2) is 43.0 Å². The van der Waals surface area contributed by atoms with Crippen LogP contribution in [0.25, 0.3) is 10.9 Å². The summed E-state index contributed by atoms with van der Waals surface area (Å²) in [6, 6.07) is 7.40. The number of nitrogens with two attached hydrogens (primary N) is 1. The summed E-state index contributed by atoms with van der Waals surface area (Å²) in [5, 5.41) is 3.91. The second-order valence-corrected chi connectivity index (χ2v) is 4.96. The van der Waals surface area contributed by atoms with Gasteiger partial charge in [-0.05, 0) is 18.1 Å². The number of amides is 1. The molecular weight excluding hydrogens is 266 g/mol.